The first-order valence-electron chi connectivity index (χ1n) is 7.14. The molecule has 0 rings (SSSR count). The van der Waals surface area contributed by atoms with Crippen LogP contribution in [0, 0.1) is 0 Å². The van der Waals surface area contributed by atoms with Crippen LogP contribution in [-0.2, 0) is 23.8 Å². The third-order valence-corrected chi connectivity index (χ3v) is 2.76. The Hall–Kier alpha value is -1.22. The van der Waals surface area contributed by atoms with Gasteiger partial charge in [-0.3, -0.25) is 14.5 Å². The van der Waals surface area contributed by atoms with Gasteiger partial charge >= 0.3 is 11.9 Å². The Bertz CT molecular complexity index is 333. The van der Waals surface area contributed by atoms with Gasteiger partial charge in [0.2, 0.25) is 0 Å². The second-order valence-corrected chi connectivity index (χ2v) is 5.58. The molecule has 0 aliphatic carbocycles. The third kappa shape index (κ3) is 13.7. The van der Waals surface area contributed by atoms with Crippen LogP contribution in [0.3, 0.4) is 0 Å². The standard InChI is InChI=1S/C14H27NO7/c1-14(2,6-9-20-7-4-12(16)17)22-11-15(3)10-21-8-5-13(18)19/h4-11H2,1-3H3,(H,16,17)(H,18,19). The van der Waals surface area contributed by atoms with Crippen molar-refractivity contribution in [3.63, 3.8) is 0 Å². The molecule has 0 atom stereocenters. The first-order chi connectivity index (χ1) is 10.2. The average Bonchev–Trinajstić information content (AvgIpc) is 2.40. The topological polar surface area (TPSA) is 106 Å². The highest BCUT2D eigenvalue weighted by atomic mass is 16.5. The molecule has 0 spiro atoms. The fourth-order valence-corrected chi connectivity index (χ4v) is 1.35. The van der Waals surface area contributed by atoms with E-state index in [0.717, 1.165) is 0 Å². The van der Waals surface area contributed by atoms with E-state index in [0.29, 0.717) is 26.5 Å². The van der Waals surface area contributed by atoms with Crippen molar-refractivity contribution in [2.24, 2.45) is 0 Å². The SMILES string of the molecule is CN(COCCC(=O)O)COC(C)(C)CCOCCC(=O)O. The summed E-state index contributed by atoms with van der Waals surface area (Å²) in [7, 11) is 1.81. The molecule has 0 unspecified atom stereocenters. The number of hydrogen-bond donors (Lipinski definition) is 2. The molecule has 0 bridgehead atoms. The van der Waals surface area contributed by atoms with Gasteiger partial charge in [-0.15, -0.1) is 0 Å². The number of hydrogen-bond acceptors (Lipinski definition) is 6. The van der Waals surface area contributed by atoms with Crippen molar-refractivity contribution >= 4 is 11.9 Å². The minimum Gasteiger partial charge on any atom is -0.481 e. The number of carboxylic acid groups (broad SMARTS) is 2. The van der Waals surface area contributed by atoms with Crippen LogP contribution in [0.15, 0.2) is 0 Å². The van der Waals surface area contributed by atoms with Crippen molar-refractivity contribution in [3.8, 4) is 0 Å². The van der Waals surface area contributed by atoms with Gasteiger partial charge in [0.1, 0.15) is 13.5 Å². The molecule has 8 heteroatoms. The molecule has 0 saturated carbocycles. The van der Waals surface area contributed by atoms with Crippen LogP contribution in [0.25, 0.3) is 0 Å². The Morgan fingerprint density at radius 1 is 0.955 bits per heavy atom. The van der Waals surface area contributed by atoms with Gasteiger partial charge in [0.05, 0.1) is 31.7 Å². The predicted octanol–water partition coefficient (Wildman–Crippen LogP) is 1.00. The molecule has 0 fully saturated rings. The van der Waals surface area contributed by atoms with Crippen molar-refractivity contribution in [3.05, 3.63) is 0 Å². The maximum atomic E-state index is 10.3. The van der Waals surface area contributed by atoms with Gasteiger partial charge in [-0.05, 0) is 27.3 Å². The molecule has 0 heterocycles. The number of aliphatic carboxylic acids is 2. The summed E-state index contributed by atoms with van der Waals surface area (Å²) < 4.78 is 16.2. The van der Waals surface area contributed by atoms with Crippen LogP contribution in [0.4, 0.5) is 0 Å². The number of rotatable bonds is 14. The van der Waals surface area contributed by atoms with Gasteiger partial charge in [-0.1, -0.05) is 0 Å². The van der Waals surface area contributed by atoms with Crippen molar-refractivity contribution in [1.29, 1.82) is 0 Å². The zero-order chi connectivity index (χ0) is 17.0. The quantitative estimate of drug-likeness (QED) is 0.360. The van der Waals surface area contributed by atoms with Crippen molar-refractivity contribution < 1.29 is 34.0 Å². The van der Waals surface area contributed by atoms with E-state index in [1.165, 1.54) is 0 Å². The van der Waals surface area contributed by atoms with Crippen LogP contribution in [0.2, 0.25) is 0 Å². The van der Waals surface area contributed by atoms with E-state index < -0.39 is 17.5 Å². The Balaban J connectivity index is 3.67. The lowest BCUT2D eigenvalue weighted by atomic mass is 10.1. The Labute approximate surface area is 130 Å². The van der Waals surface area contributed by atoms with Gasteiger partial charge in [0.15, 0.2) is 0 Å². The molecule has 0 aliphatic heterocycles. The lowest BCUT2D eigenvalue weighted by Gasteiger charge is -2.28. The van der Waals surface area contributed by atoms with Crippen LogP contribution in [0.5, 0.6) is 0 Å². The summed E-state index contributed by atoms with van der Waals surface area (Å²) in [6.45, 7) is 5.27. The fourth-order valence-electron chi connectivity index (χ4n) is 1.35. The van der Waals surface area contributed by atoms with Crippen LogP contribution in [0.1, 0.15) is 33.1 Å². The first-order valence-corrected chi connectivity index (χ1v) is 7.14. The summed E-state index contributed by atoms with van der Waals surface area (Å²) in [6, 6.07) is 0. The predicted molar refractivity (Wildman–Crippen MR) is 78.6 cm³/mol. The molecule has 0 aliphatic rings. The van der Waals surface area contributed by atoms with E-state index in [1.807, 2.05) is 13.8 Å². The third-order valence-electron chi connectivity index (χ3n) is 2.76. The van der Waals surface area contributed by atoms with Crippen LogP contribution >= 0.6 is 0 Å². The van der Waals surface area contributed by atoms with Crippen LogP contribution < -0.4 is 0 Å². The van der Waals surface area contributed by atoms with E-state index in [2.05, 4.69) is 0 Å². The molecule has 2 N–H and O–H groups in total. The highest BCUT2D eigenvalue weighted by molar-refractivity contribution is 5.66. The highest BCUT2D eigenvalue weighted by Crippen LogP contribution is 2.14. The lowest BCUT2D eigenvalue weighted by Crippen LogP contribution is -2.34. The molecule has 22 heavy (non-hydrogen) atoms. The summed E-state index contributed by atoms with van der Waals surface area (Å²) in [5, 5.41) is 17.0. The number of carbonyl (C=O) groups is 2. The Morgan fingerprint density at radius 2 is 1.50 bits per heavy atom. The monoisotopic (exact) mass is 321 g/mol. The molecule has 0 aromatic heterocycles. The minimum absolute atomic E-state index is 0.00228. The van der Waals surface area contributed by atoms with Gasteiger partial charge < -0.3 is 24.4 Å². The maximum absolute atomic E-state index is 10.3. The number of carboxylic acids is 2. The molecule has 8 nitrogen and oxygen atoms in total. The largest absolute Gasteiger partial charge is 0.481 e. The van der Waals surface area contributed by atoms with E-state index in [1.54, 1.807) is 11.9 Å². The van der Waals surface area contributed by atoms with E-state index in [-0.39, 0.29) is 26.1 Å². The van der Waals surface area contributed by atoms with E-state index in [9.17, 15) is 9.59 Å². The smallest absolute Gasteiger partial charge is 0.305 e. The highest BCUT2D eigenvalue weighted by Gasteiger charge is 2.19. The molecule has 0 radical (unpaired) electrons. The Kier molecular flexibility index (Phi) is 10.7. The van der Waals surface area contributed by atoms with Crippen LogP contribution in [-0.4, -0.2) is 73.0 Å². The minimum atomic E-state index is -0.886. The zero-order valence-corrected chi connectivity index (χ0v) is 13.5. The fraction of sp³-hybridized carbons (Fsp3) is 0.857. The van der Waals surface area contributed by atoms with Gasteiger partial charge in [-0.2, -0.15) is 0 Å². The average molecular weight is 321 g/mol. The van der Waals surface area contributed by atoms with E-state index in [4.69, 9.17) is 24.4 Å². The zero-order valence-electron chi connectivity index (χ0n) is 13.5. The molecular formula is C14H27NO7. The maximum Gasteiger partial charge on any atom is 0.305 e. The second kappa shape index (κ2) is 11.4. The summed E-state index contributed by atoms with van der Waals surface area (Å²) in [5.41, 5.74) is -0.404. The normalized spacial score (nSPS) is 11.8. The molecule has 130 valence electrons. The number of nitrogens with zero attached hydrogens (tertiary/aromatic N) is 1. The van der Waals surface area contributed by atoms with Gasteiger partial charge in [0.25, 0.3) is 0 Å². The molecule has 0 amide bonds. The first kappa shape index (κ1) is 20.8. The van der Waals surface area contributed by atoms with Crippen molar-refractivity contribution in [1.82, 2.24) is 4.90 Å². The summed E-state index contributed by atoms with van der Waals surface area (Å²) in [6.07, 6.45) is 0.617. The molecular weight excluding hydrogens is 294 g/mol. The molecule has 0 aromatic rings. The van der Waals surface area contributed by atoms with Gasteiger partial charge in [0, 0.05) is 6.61 Å². The summed E-state index contributed by atoms with van der Waals surface area (Å²) in [5.74, 6) is -1.76. The van der Waals surface area contributed by atoms with Crippen molar-refractivity contribution in [2.45, 2.75) is 38.7 Å². The van der Waals surface area contributed by atoms with E-state index >= 15 is 0 Å². The molecule has 0 saturated heterocycles. The van der Waals surface area contributed by atoms with Crippen molar-refractivity contribution in [2.75, 3.05) is 40.3 Å². The second-order valence-electron chi connectivity index (χ2n) is 5.58. The van der Waals surface area contributed by atoms with Gasteiger partial charge in [-0.25, -0.2) is 0 Å². The number of ether oxygens (including phenoxy) is 3. The summed E-state index contributed by atoms with van der Waals surface area (Å²) in [4.78, 5) is 22.4. The summed E-state index contributed by atoms with van der Waals surface area (Å²) >= 11 is 0. The molecule has 0 aromatic carbocycles. The Morgan fingerprint density at radius 3 is 2.05 bits per heavy atom. The lowest BCUT2D eigenvalue weighted by molar-refractivity contribution is -0.139.